The lowest BCUT2D eigenvalue weighted by Gasteiger charge is -2.26. The largest absolute Gasteiger partial charge is 0.394 e. The molecule has 5 atom stereocenters. The number of rotatable bonds is 6. The van der Waals surface area contributed by atoms with Crippen LogP contribution in [0.3, 0.4) is 0 Å². The number of nitrogens with two attached hydrogens (primary N) is 1. The molecule has 0 aromatic rings. The zero-order valence-electron chi connectivity index (χ0n) is 8.11. The summed E-state index contributed by atoms with van der Waals surface area (Å²) in [6.45, 7) is 0.966. The molecule has 0 saturated carbocycles. The van der Waals surface area contributed by atoms with Crippen molar-refractivity contribution >= 4 is 0 Å². The first-order valence-electron chi connectivity index (χ1n) is 4.48. The van der Waals surface area contributed by atoms with Gasteiger partial charge in [-0.15, -0.1) is 0 Å². The van der Waals surface area contributed by atoms with E-state index in [1.54, 1.807) is 6.92 Å². The summed E-state index contributed by atoms with van der Waals surface area (Å²) in [4.78, 5) is 0. The van der Waals surface area contributed by atoms with Crippen LogP contribution in [0.2, 0.25) is 0 Å². The molecule has 7 N–H and O–H groups in total. The SMILES string of the molecule is CC(N)CC(O)C(O)C(O)C(O)CO. The Balaban J connectivity index is 4.09. The molecular formula is C8H19NO5. The third-order valence-corrected chi connectivity index (χ3v) is 1.94. The normalized spacial score (nSPS) is 22.5. The number of hydrogen-bond acceptors (Lipinski definition) is 6. The second-order valence-electron chi connectivity index (χ2n) is 3.51. The van der Waals surface area contributed by atoms with E-state index in [4.69, 9.17) is 15.9 Å². The van der Waals surface area contributed by atoms with Crippen LogP contribution in [-0.2, 0) is 0 Å². The molecule has 0 rings (SSSR count). The van der Waals surface area contributed by atoms with Crippen molar-refractivity contribution in [2.75, 3.05) is 6.61 Å². The van der Waals surface area contributed by atoms with Crippen LogP contribution in [0.4, 0.5) is 0 Å². The van der Waals surface area contributed by atoms with E-state index in [1.165, 1.54) is 0 Å². The molecule has 0 aliphatic carbocycles. The van der Waals surface area contributed by atoms with Crippen LogP contribution in [0.5, 0.6) is 0 Å². The highest BCUT2D eigenvalue weighted by Gasteiger charge is 2.30. The summed E-state index contributed by atoms with van der Waals surface area (Å²) in [6, 6.07) is -0.321. The Labute approximate surface area is 82.6 Å². The third-order valence-electron chi connectivity index (χ3n) is 1.94. The molecule has 0 aromatic carbocycles. The maximum absolute atomic E-state index is 9.32. The van der Waals surface area contributed by atoms with E-state index in [1.807, 2.05) is 0 Å². The van der Waals surface area contributed by atoms with E-state index >= 15 is 0 Å². The summed E-state index contributed by atoms with van der Waals surface area (Å²) in [6.07, 6.45) is -5.66. The Morgan fingerprint density at radius 3 is 1.79 bits per heavy atom. The number of hydrogen-bond donors (Lipinski definition) is 6. The molecule has 0 aliphatic heterocycles. The summed E-state index contributed by atoms with van der Waals surface area (Å²) in [5.41, 5.74) is 5.38. The van der Waals surface area contributed by atoms with Gasteiger partial charge >= 0.3 is 0 Å². The lowest BCUT2D eigenvalue weighted by atomic mass is 9.99. The van der Waals surface area contributed by atoms with Crippen molar-refractivity contribution in [1.82, 2.24) is 0 Å². The second kappa shape index (κ2) is 6.28. The van der Waals surface area contributed by atoms with Gasteiger partial charge in [-0.05, 0) is 13.3 Å². The molecule has 0 bridgehead atoms. The molecule has 0 heterocycles. The average Bonchev–Trinajstić information content (AvgIpc) is 2.13. The van der Waals surface area contributed by atoms with E-state index in [0.717, 1.165) is 0 Å². The molecule has 0 aromatic heterocycles. The number of aliphatic hydroxyl groups is 5. The minimum atomic E-state index is -1.58. The van der Waals surface area contributed by atoms with E-state index in [2.05, 4.69) is 0 Å². The quantitative estimate of drug-likeness (QED) is 0.280. The van der Waals surface area contributed by atoms with E-state index in [0.29, 0.717) is 0 Å². The second-order valence-corrected chi connectivity index (χ2v) is 3.51. The molecule has 0 amide bonds. The lowest BCUT2D eigenvalue weighted by Crippen LogP contribution is -2.47. The van der Waals surface area contributed by atoms with E-state index in [9.17, 15) is 15.3 Å². The highest BCUT2D eigenvalue weighted by molar-refractivity contribution is 4.81. The first-order valence-corrected chi connectivity index (χ1v) is 4.48. The summed E-state index contributed by atoms with van der Waals surface area (Å²) >= 11 is 0. The van der Waals surface area contributed by atoms with Gasteiger partial charge in [-0.25, -0.2) is 0 Å². The Bertz CT molecular complexity index is 155. The first kappa shape index (κ1) is 13.8. The Morgan fingerprint density at radius 1 is 1.00 bits per heavy atom. The fraction of sp³-hybridized carbons (Fsp3) is 1.00. The van der Waals surface area contributed by atoms with Crippen LogP contribution in [0.25, 0.3) is 0 Å². The minimum absolute atomic E-state index is 0.108. The van der Waals surface area contributed by atoms with Crippen molar-refractivity contribution in [3.05, 3.63) is 0 Å². The van der Waals surface area contributed by atoms with Gasteiger partial charge in [0.2, 0.25) is 0 Å². The molecule has 0 spiro atoms. The molecule has 6 heteroatoms. The molecule has 14 heavy (non-hydrogen) atoms. The average molecular weight is 209 g/mol. The van der Waals surface area contributed by atoms with Gasteiger partial charge in [-0.3, -0.25) is 0 Å². The van der Waals surface area contributed by atoms with Crippen LogP contribution < -0.4 is 5.73 Å². The summed E-state index contributed by atoms with van der Waals surface area (Å²) < 4.78 is 0. The summed E-state index contributed by atoms with van der Waals surface area (Å²) in [5, 5.41) is 45.3. The van der Waals surface area contributed by atoms with Gasteiger partial charge in [0.25, 0.3) is 0 Å². The van der Waals surface area contributed by atoms with E-state index in [-0.39, 0.29) is 12.5 Å². The number of aliphatic hydroxyl groups excluding tert-OH is 5. The van der Waals surface area contributed by atoms with Gasteiger partial charge in [0, 0.05) is 6.04 Å². The Kier molecular flexibility index (Phi) is 6.17. The van der Waals surface area contributed by atoms with Gasteiger partial charge < -0.3 is 31.3 Å². The van der Waals surface area contributed by atoms with Crippen LogP contribution >= 0.6 is 0 Å². The van der Waals surface area contributed by atoms with Crippen LogP contribution in [-0.4, -0.2) is 62.6 Å². The zero-order valence-corrected chi connectivity index (χ0v) is 8.11. The monoisotopic (exact) mass is 209 g/mol. The lowest BCUT2D eigenvalue weighted by molar-refractivity contribution is -0.116. The maximum Gasteiger partial charge on any atom is 0.110 e. The summed E-state index contributed by atoms with van der Waals surface area (Å²) in [7, 11) is 0. The van der Waals surface area contributed by atoms with Gasteiger partial charge in [-0.1, -0.05) is 0 Å². The topological polar surface area (TPSA) is 127 Å². The standard InChI is InChI=1S/C8H19NO5/c1-4(9)2-5(11)7(13)8(14)6(12)3-10/h4-8,10-14H,2-3,9H2,1H3. The van der Waals surface area contributed by atoms with E-state index < -0.39 is 31.0 Å². The van der Waals surface area contributed by atoms with Gasteiger partial charge in [-0.2, -0.15) is 0 Å². The molecule has 0 radical (unpaired) electrons. The molecule has 6 nitrogen and oxygen atoms in total. The fourth-order valence-corrected chi connectivity index (χ4v) is 1.08. The molecule has 0 saturated heterocycles. The Morgan fingerprint density at radius 2 is 1.43 bits per heavy atom. The molecular weight excluding hydrogens is 190 g/mol. The van der Waals surface area contributed by atoms with Gasteiger partial charge in [0.15, 0.2) is 0 Å². The maximum atomic E-state index is 9.32. The Hall–Kier alpha value is -0.240. The first-order chi connectivity index (χ1) is 6.40. The molecule has 0 fully saturated rings. The van der Waals surface area contributed by atoms with Crippen LogP contribution in [0.1, 0.15) is 13.3 Å². The highest BCUT2D eigenvalue weighted by Crippen LogP contribution is 2.08. The highest BCUT2D eigenvalue weighted by atomic mass is 16.4. The van der Waals surface area contributed by atoms with Gasteiger partial charge in [0.05, 0.1) is 12.7 Å². The van der Waals surface area contributed by atoms with Crippen molar-refractivity contribution in [2.24, 2.45) is 5.73 Å². The minimum Gasteiger partial charge on any atom is -0.394 e. The van der Waals surface area contributed by atoms with Crippen LogP contribution in [0.15, 0.2) is 0 Å². The van der Waals surface area contributed by atoms with Crippen molar-refractivity contribution in [3.63, 3.8) is 0 Å². The zero-order chi connectivity index (χ0) is 11.3. The molecule has 86 valence electrons. The predicted octanol–water partition coefficient (Wildman–Crippen LogP) is -2.84. The van der Waals surface area contributed by atoms with Crippen molar-refractivity contribution in [1.29, 1.82) is 0 Å². The molecule has 5 unspecified atom stereocenters. The predicted molar refractivity (Wildman–Crippen MR) is 49.4 cm³/mol. The van der Waals surface area contributed by atoms with Gasteiger partial charge in [0.1, 0.15) is 18.3 Å². The van der Waals surface area contributed by atoms with Crippen molar-refractivity contribution in [2.45, 2.75) is 43.8 Å². The smallest absolute Gasteiger partial charge is 0.110 e. The fourth-order valence-electron chi connectivity index (χ4n) is 1.08. The van der Waals surface area contributed by atoms with Crippen molar-refractivity contribution < 1.29 is 25.5 Å². The summed E-state index contributed by atoms with van der Waals surface area (Å²) in [5.74, 6) is 0. The third kappa shape index (κ3) is 4.32. The molecule has 0 aliphatic rings. The van der Waals surface area contributed by atoms with Crippen molar-refractivity contribution in [3.8, 4) is 0 Å². The van der Waals surface area contributed by atoms with Crippen LogP contribution in [0, 0.1) is 0 Å².